The molecule has 2 aromatic carbocycles. The van der Waals surface area contributed by atoms with Crippen molar-refractivity contribution in [3.63, 3.8) is 0 Å². The van der Waals surface area contributed by atoms with Gasteiger partial charge in [0.25, 0.3) is 0 Å². The Kier molecular flexibility index (Phi) is 6.61. The third-order valence-electron chi connectivity index (χ3n) is 4.52. The number of hydrogen-bond donors (Lipinski definition) is 2. The van der Waals surface area contributed by atoms with Gasteiger partial charge in [0.15, 0.2) is 5.11 Å². The number of halogens is 1. The van der Waals surface area contributed by atoms with E-state index in [4.69, 9.17) is 33.3 Å². The van der Waals surface area contributed by atoms with Gasteiger partial charge in [-0.25, -0.2) is 0 Å². The van der Waals surface area contributed by atoms with E-state index in [1.54, 1.807) is 14.2 Å². The Morgan fingerprint density at radius 3 is 2.45 bits per heavy atom. The van der Waals surface area contributed by atoms with E-state index in [1.807, 2.05) is 61.0 Å². The molecule has 0 aliphatic carbocycles. The molecule has 0 atom stereocenters. The van der Waals surface area contributed by atoms with E-state index in [2.05, 4.69) is 15.7 Å². The molecule has 0 spiro atoms. The number of benzene rings is 2. The largest absolute Gasteiger partial charge is 0.497 e. The first-order valence-corrected chi connectivity index (χ1v) is 9.78. The zero-order valence-electron chi connectivity index (χ0n) is 16.7. The number of thiocarbonyl (C=S) groups is 1. The quantitative estimate of drug-likeness (QED) is 0.535. The minimum absolute atomic E-state index is 0.439. The van der Waals surface area contributed by atoms with Crippen LogP contribution in [0.25, 0.3) is 0 Å². The summed E-state index contributed by atoms with van der Waals surface area (Å²) >= 11 is 11.5. The number of nitrogens with one attached hydrogen (secondary N) is 2. The molecular weight excluding hydrogens is 408 g/mol. The monoisotopic (exact) mass is 430 g/mol. The van der Waals surface area contributed by atoms with Crippen LogP contribution in [-0.2, 0) is 6.54 Å². The number of methoxy groups -OCH3 is 2. The highest BCUT2D eigenvalue weighted by atomic mass is 35.5. The summed E-state index contributed by atoms with van der Waals surface area (Å²) < 4.78 is 12.6. The van der Waals surface area contributed by atoms with Gasteiger partial charge in [0.05, 0.1) is 43.5 Å². The van der Waals surface area contributed by atoms with Gasteiger partial charge in [-0.3, -0.25) is 4.68 Å². The number of aromatic nitrogens is 2. The van der Waals surface area contributed by atoms with Crippen molar-refractivity contribution < 1.29 is 9.47 Å². The van der Waals surface area contributed by atoms with Crippen LogP contribution < -0.4 is 20.1 Å². The average molecular weight is 431 g/mol. The molecule has 152 valence electrons. The highest BCUT2D eigenvalue weighted by Crippen LogP contribution is 2.29. The summed E-state index contributed by atoms with van der Waals surface area (Å²) in [6, 6.07) is 13.2. The van der Waals surface area contributed by atoms with E-state index in [9.17, 15) is 0 Å². The second-order valence-corrected chi connectivity index (χ2v) is 7.32. The molecule has 0 unspecified atom stereocenters. The van der Waals surface area contributed by atoms with E-state index in [0.717, 1.165) is 22.6 Å². The van der Waals surface area contributed by atoms with Gasteiger partial charge in [0.2, 0.25) is 0 Å². The number of aryl methyl sites for hydroxylation is 1. The summed E-state index contributed by atoms with van der Waals surface area (Å²) in [5, 5.41) is 12.2. The fourth-order valence-electron chi connectivity index (χ4n) is 2.97. The average Bonchev–Trinajstić information content (AvgIpc) is 2.97. The molecule has 0 amide bonds. The van der Waals surface area contributed by atoms with Crippen molar-refractivity contribution in [3.05, 3.63) is 64.4 Å². The maximum absolute atomic E-state index is 5.97. The normalized spacial score (nSPS) is 10.5. The van der Waals surface area contributed by atoms with Crippen molar-refractivity contribution in [3.8, 4) is 11.5 Å². The molecule has 2 N–H and O–H groups in total. The number of anilines is 2. The predicted molar refractivity (Wildman–Crippen MR) is 122 cm³/mol. The van der Waals surface area contributed by atoms with Gasteiger partial charge in [0.1, 0.15) is 11.5 Å². The Balaban J connectivity index is 1.76. The number of hydrogen-bond acceptors (Lipinski definition) is 4. The molecule has 0 aliphatic heterocycles. The van der Waals surface area contributed by atoms with Crippen molar-refractivity contribution >= 4 is 40.3 Å². The lowest BCUT2D eigenvalue weighted by Crippen LogP contribution is -2.20. The van der Waals surface area contributed by atoms with Crippen LogP contribution in [0, 0.1) is 13.8 Å². The Morgan fingerprint density at radius 2 is 1.79 bits per heavy atom. The fourth-order valence-corrected chi connectivity index (χ4v) is 3.31. The standard InChI is InChI=1S/C21H23ClN4O2S/c1-13-20(14(2)26(25-13)12-15-5-7-16(22)8-6-15)24-21(29)23-18-11-17(27-3)9-10-19(18)28-4/h5-11H,12H2,1-4H3,(H2,23,24,29). The Morgan fingerprint density at radius 1 is 1.07 bits per heavy atom. The van der Waals surface area contributed by atoms with Crippen LogP contribution in [0.4, 0.5) is 11.4 Å². The zero-order valence-corrected chi connectivity index (χ0v) is 18.3. The van der Waals surface area contributed by atoms with Crippen LogP contribution in [0.5, 0.6) is 11.5 Å². The maximum atomic E-state index is 5.97. The lowest BCUT2D eigenvalue weighted by molar-refractivity contribution is 0.405. The number of ether oxygens (including phenoxy) is 2. The van der Waals surface area contributed by atoms with Gasteiger partial charge in [-0.2, -0.15) is 5.10 Å². The number of nitrogens with zero attached hydrogens (tertiary/aromatic N) is 2. The molecule has 0 fully saturated rings. The highest BCUT2D eigenvalue weighted by molar-refractivity contribution is 7.80. The van der Waals surface area contributed by atoms with Crippen molar-refractivity contribution in [2.45, 2.75) is 20.4 Å². The van der Waals surface area contributed by atoms with Gasteiger partial charge in [-0.1, -0.05) is 23.7 Å². The Hall–Kier alpha value is -2.77. The molecule has 1 heterocycles. The van der Waals surface area contributed by atoms with Gasteiger partial charge < -0.3 is 20.1 Å². The lowest BCUT2D eigenvalue weighted by atomic mass is 10.2. The summed E-state index contributed by atoms with van der Waals surface area (Å²) in [6.07, 6.45) is 0. The highest BCUT2D eigenvalue weighted by Gasteiger charge is 2.14. The van der Waals surface area contributed by atoms with Crippen molar-refractivity contribution in [1.82, 2.24) is 9.78 Å². The molecule has 3 aromatic rings. The van der Waals surface area contributed by atoms with E-state index in [1.165, 1.54) is 0 Å². The van der Waals surface area contributed by atoms with E-state index in [-0.39, 0.29) is 0 Å². The fraction of sp³-hybridized carbons (Fsp3) is 0.238. The zero-order chi connectivity index (χ0) is 21.0. The second kappa shape index (κ2) is 9.15. The van der Waals surface area contributed by atoms with E-state index in [0.29, 0.717) is 33.9 Å². The van der Waals surface area contributed by atoms with Crippen LogP contribution >= 0.6 is 23.8 Å². The molecule has 0 aliphatic rings. The SMILES string of the molecule is COc1ccc(OC)c(NC(=S)Nc2c(C)nn(Cc3ccc(Cl)cc3)c2C)c1. The Bertz CT molecular complexity index is 1020. The maximum Gasteiger partial charge on any atom is 0.175 e. The second-order valence-electron chi connectivity index (χ2n) is 6.48. The molecule has 0 bridgehead atoms. The van der Waals surface area contributed by atoms with Crippen LogP contribution in [0.3, 0.4) is 0 Å². The van der Waals surface area contributed by atoms with Crippen LogP contribution in [0.15, 0.2) is 42.5 Å². The van der Waals surface area contributed by atoms with Crippen molar-refractivity contribution in [2.24, 2.45) is 0 Å². The van der Waals surface area contributed by atoms with E-state index < -0.39 is 0 Å². The molecule has 0 saturated heterocycles. The van der Waals surface area contributed by atoms with Gasteiger partial charge in [0, 0.05) is 11.1 Å². The summed E-state index contributed by atoms with van der Waals surface area (Å²) in [7, 11) is 3.22. The van der Waals surface area contributed by atoms with Gasteiger partial charge >= 0.3 is 0 Å². The first kappa shape index (κ1) is 21.0. The topological polar surface area (TPSA) is 60.3 Å². The lowest BCUT2D eigenvalue weighted by Gasteiger charge is -2.15. The molecule has 8 heteroatoms. The summed E-state index contributed by atoms with van der Waals surface area (Å²) in [5.74, 6) is 1.38. The smallest absolute Gasteiger partial charge is 0.175 e. The summed E-state index contributed by atoms with van der Waals surface area (Å²) in [6.45, 7) is 4.60. The predicted octanol–water partition coefficient (Wildman–Crippen LogP) is 5.03. The number of rotatable bonds is 6. The van der Waals surface area contributed by atoms with Crippen molar-refractivity contribution in [2.75, 3.05) is 24.9 Å². The van der Waals surface area contributed by atoms with Crippen molar-refractivity contribution in [1.29, 1.82) is 0 Å². The van der Waals surface area contributed by atoms with E-state index >= 15 is 0 Å². The molecule has 3 rings (SSSR count). The third-order valence-corrected chi connectivity index (χ3v) is 4.98. The first-order chi connectivity index (χ1) is 13.9. The molecule has 0 saturated carbocycles. The minimum Gasteiger partial charge on any atom is -0.497 e. The van der Waals surface area contributed by atoms with Crippen LogP contribution in [0.1, 0.15) is 17.0 Å². The third kappa shape index (κ3) is 4.99. The molecule has 1 aromatic heterocycles. The van der Waals surface area contributed by atoms with Gasteiger partial charge in [-0.15, -0.1) is 0 Å². The first-order valence-electron chi connectivity index (χ1n) is 8.99. The van der Waals surface area contributed by atoms with Gasteiger partial charge in [-0.05, 0) is 55.9 Å². The molecular formula is C21H23ClN4O2S. The molecule has 6 nitrogen and oxygen atoms in total. The van der Waals surface area contributed by atoms with Crippen LogP contribution in [-0.4, -0.2) is 29.1 Å². The molecule has 29 heavy (non-hydrogen) atoms. The molecule has 0 radical (unpaired) electrons. The summed E-state index contributed by atoms with van der Waals surface area (Å²) in [4.78, 5) is 0. The summed E-state index contributed by atoms with van der Waals surface area (Å²) in [5.41, 5.74) is 4.55. The Labute approximate surface area is 180 Å². The van der Waals surface area contributed by atoms with Crippen LogP contribution in [0.2, 0.25) is 5.02 Å². The minimum atomic E-state index is 0.439.